The molecule has 10 heteroatoms. The molecular formula is C32H41FN4O4S. The highest BCUT2D eigenvalue weighted by Crippen LogP contribution is 2.48. The van der Waals surface area contributed by atoms with Gasteiger partial charge in [0.1, 0.15) is 11.9 Å². The molecule has 0 radical (unpaired) electrons. The van der Waals surface area contributed by atoms with Crippen molar-refractivity contribution in [2.45, 2.75) is 64.1 Å². The summed E-state index contributed by atoms with van der Waals surface area (Å²) in [5.74, 6) is 0.0937. The summed E-state index contributed by atoms with van der Waals surface area (Å²) >= 11 is 0. The SMILES string of the molecule is Cc1cccc2c1OCC1CCCN(C)CCN(C)S(=O)(=O)NC(=O)c3ccc4c([C@H]5CCCC[C@@H]5F)c-2n(c4c3)C1. The van der Waals surface area contributed by atoms with Crippen molar-refractivity contribution in [2.75, 3.05) is 40.3 Å². The van der Waals surface area contributed by atoms with Crippen LogP contribution in [0.5, 0.6) is 5.75 Å². The fourth-order valence-electron chi connectivity index (χ4n) is 6.95. The van der Waals surface area contributed by atoms with E-state index in [0.717, 1.165) is 77.7 Å². The van der Waals surface area contributed by atoms with Gasteiger partial charge in [-0.15, -0.1) is 0 Å². The highest BCUT2D eigenvalue weighted by atomic mass is 32.2. The Bertz CT molecular complexity index is 1600. The summed E-state index contributed by atoms with van der Waals surface area (Å²) in [6.45, 7) is 4.90. The monoisotopic (exact) mass is 596 g/mol. The van der Waals surface area contributed by atoms with Crippen LogP contribution < -0.4 is 9.46 Å². The molecule has 1 saturated carbocycles. The Morgan fingerprint density at radius 2 is 1.81 bits per heavy atom. The van der Waals surface area contributed by atoms with Gasteiger partial charge in [-0.2, -0.15) is 12.7 Å². The molecular weight excluding hydrogens is 555 g/mol. The molecule has 1 fully saturated rings. The molecule has 3 aromatic rings. The first-order chi connectivity index (χ1) is 20.1. The van der Waals surface area contributed by atoms with E-state index in [2.05, 4.69) is 20.3 Å². The molecule has 1 amide bonds. The van der Waals surface area contributed by atoms with Crippen molar-refractivity contribution in [3.05, 3.63) is 53.1 Å². The summed E-state index contributed by atoms with van der Waals surface area (Å²) in [5.41, 5.74) is 5.01. The predicted molar refractivity (Wildman–Crippen MR) is 163 cm³/mol. The van der Waals surface area contributed by atoms with Gasteiger partial charge in [0.25, 0.3) is 5.91 Å². The first kappa shape index (κ1) is 29.1. The zero-order chi connectivity index (χ0) is 29.6. The van der Waals surface area contributed by atoms with Crippen LogP contribution in [0, 0.1) is 12.8 Å². The van der Waals surface area contributed by atoms with Crippen LogP contribution in [0.4, 0.5) is 4.39 Å². The zero-order valence-corrected chi connectivity index (χ0v) is 25.6. The highest BCUT2D eigenvalue weighted by Gasteiger charge is 2.35. The number of alkyl halides is 1. The number of benzene rings is 2. The molecule has 1 unspecified atom stereocenters. The molecule has 1 aliphatic carbocycles. The van der Waals surface area contributed by atoms with E-state index >= 15 is 4.39 Å². The third-order valence-corrected chi connectivity index (χ3v) is 10.8. The quantitative estimate of drug-likeness (QED) is 0.415. The van der Waals surface area contributed by atoms with Gasteiger partial charge in [0, 0.05) is 60.5 Å². The van der Waals surface area contributed by atoms with Gasteiger partial charge in [0.2, 0.25) is 0 Å². The van der Waals surface area contributed by atoms with Gasteiger partial charge in [0.15, 0.2) is 0 Å². The summed E-state index contributed by atoms with van der Waals surface area (Å²) < 4.78 is 54.0. The lowest BCUT2D eigenvalue weighted by Crippen LogP contribution is -2.44. The van der Waals surface area contributed by atoms with Crippen LogP contribution in [0.3, 0.4) is 0 Å². The number of hydrogen-bond acceptors (Lipinski definition) is 5. The second-order valence-corrected chi connectivity index (χ2v) is 14.1. The molecule has 42 heavy (non-hydrogen) atoms. The van der Waals surface area contributed by atoms with Crippen LogP contribution in [0.15, 0.2) is 36.4 Å². The number of amides is 1. The number of aryl methyl sites for hydroxylation is 1. The van der Waals surface area contributed by atoms with Gasteiger partial charge in [-0.05, 0) is 75.5 Å². The number of carbonyl (C=O) groups is 1. The Balaban J connectivity index is 1.59. The molecule has 3 aliphatic rings. The summed E-state index contributed by atoms with van der Waals surface area (Å²) in [4.78, 5) is 15.5. The smallest absolute Gasteiger partial charge is 0.303 e. The Kier molecular flexibility index (Phi) is 8.06. The van der Waals surface area contributed by atoms with E-state index in [1.165, 1.54) is 11.4 Å². The number of likely N-dealkylation sites (N-methyl/N-ethyl adjacent to an activating group) is 2. The van der Waals surface area contributed by atoms with Crippen molar-refractivity contribution < 1.29 is 22.3 Å². The summed E-state index contributed by atoms with van der Waals surface area (Å²) in [5, 5.41) is 0.921. The number of ether oxygens (including phenoxy) is 1. The van der Waals surface area contributed by atoms with Gasteiger partial charge in [-0.1, -0.05) is 31.0 Å². The Labute approximate surface area is 248 Å². The van der Waals surface area contributed by atoms with Crippen molar-refractivity contribution in [3.8, 4) is 17.0 Å². The summed E-state index contributed by atoms with van der Waals surface area (Å²) in [7, 11) is -0.553. The standard InChI is InChI=1S/C32H41FN4O4S/c1-21-8-6-11-26-30-29(24-10-4-5-12-27(24)33)25-14-13-23-18-28(25)37(30)19-22(20-41-31(21)26)9-7-15-35(2)16-17-36(3)42(39,40)34-32(23)38/h6,8,11,13-14,18,22,24,27H,4-5,7,9-10,12,15-17,19-20H2,1-3H3,(H,34,38)/t22?,24-,27-/m0/s1. The van der Waals surface area contributed by atoms with E-state index in [1.807, 2.05) is 32.2 Å². The Hall–Kier alpha value is -2.95. The largest absolute Gasteiger partial charge is 0.492 e. The third kappa shape index (κ3) is 5.44. The fraction of sp³-hybridized carbons (Fsp3) is 0.531. The van der Waals surface area contributed by atoms with Gasteiger partial charge in [0.05, 0.1) is 12.3 Å². The lowest BCUT2D eigenvalue weighted by atomic mass is 9.80. The Morgan fingerprint density at radius 3 is 2.62 bits per heavy atom. The van der Waals surface area contributed by atoms with Gasteiger partial charge in [-0.3, -0.25) is 4.79 Å². The molecule has 226 valence electrons. The van der Waals surface area contributed by atoms with Crippen molar-refractivity contribution in [1.82, 2.24) is 18.5 Å². The van der Waals surface area contributed by atoms with Crippen LogP contribution in [0.2, 0.25) is 0 Å². The van der Waals surface area contributed by atoms with Crippen LogP contribution in [0.25, 0.3) is 22.2 Å². The molecule has 1 aromatic heterocycles. The molecule has 0 saturated heterocycles. The highest BCUT2D eigenvalue weighted by molar-refractivity contribution is 7.87. The van der Waals surface area contributed by atoms with Crippen LogP contribution >= 0.6 is 0 Å². The molecule has 4 bridgehead atoms. The number of halogens is 1. The average molecular weight is 597 g/mol. The topological polar surface area (TPSA) is 83.9 Å². The maximum Gasteiger partial charge on any atom is 0.303 e. The molecule has 8 nitrogen and oxygen atoms in total. The lowest BCUT2D eigenvalue weighted by Gasteiger charge is -2.30. The fourth-order valence-corrected chi connectivity index (χ4v) is 7.78. The predicted octanol–water partition coefficient (Wildman–Crippen LogP) is 5.25. The number of nitrogens with zero attached hydrogens (tertiary/aromatic N) is 3. The van der Waals surface area contributed by atoms with Crippen LogP contribution in [-0.2, 0) is 16.8 Å². The molecule has 2 aliphatic heterocycles. The third-order valence-electron chi connectivity index (χ3n) is 9.37. The second kappa shape index (κ2) is 11.6. The lowest BCUT2D eigenvalue weighted by molar-refractivity contribution is 0.0979. The number of hydrogen-bond donors (Lipinski definition) is 1. The van der Waals surface area contributed by atoms with Crippen LogP contribution in [0.1, 0.15) is 65.9 Å². The van der Waals surface area contributed by atoms with Crippen molar-refractivity contribution in [1.29, 1.82) is 0 Å². The van der Waals surface area contributed by atoms with Crippen molar-refractivity contribution >= 4 is 27.0 Å². The Morgan fingerprint density at radius 1 is 1.00 bits per heavy atom. The van der Waals surface area contributed by atoms with E-state index in [0.29, 0.717) is 26.1 Å². The number of carbonyl (C=O) groups excluding carboxylic acids is 1. The average Bonchev–Trinajstić information content (AvgIpc) is 3.25. The molecule has 6 rings (SSSR count). The maximum atomic E-state index is 15.8. The molecule has 3 atom stereocenters. The first-order valence-corrected chi connectivity index (χ1v) is 16.6. The van der Waals surface area contributed by atoms with Crippen molar-refractivity contribution in [2.24, 2.45) is 5.92 Å². The van der Waals surface area contributed by atoms with E-state index in [9.17, 15) is 13.2 Å². The van der Waals surface area contributed by atoms with Gasteiger partial charge < -0.3 is 14.2 Å². The number of rotatable bonds is 1. The first-order valence-electron chi connectivity index (χ1n) is 15.1. The minimum Gasteiger partial charge on any atom is -0.492 e. The van der Waals surface area contributed by atoms with E-state index < -0.39 is 22.3 Å². The number of nitrogens with one attached hydrogen (secondary N) is 1. The minimum atomic E-state index is -4.02. The minimum absolute atomic E-state index is 0.203. The van der Waals surface area contributed by atoms with Gasteiger partial charge >= 0.3 is 10.2 Å². The van der Waals surface area contributed by atoms with E-state index in [1.54, 1.807) is 12.1 Å². The van der Waals surface area contributed by atoms with Gasteiger partial charge in [-0.25, -0.2) is 9.11 Å². The number of aromatic nitrogens is 1. The van der Waals surface area contributed by atoms with E-state index in [4.69, 9.17) is 4.74 Å². The number of fused-ring (bicyclic) bond motifs is 4. The molecule has 1 N–H and O–H groups in total. The maximum absolute atomic E-state index is 15.8. The van der Waals surface area contributed by atoms with Crippen LogP contribution in [-0.4, -0.2) is 74.6 Å². The number of para-hydroxylation sites is 1. The molecule has 0 spiro atoms. The van der Waals surface area contributed by atoms with Crippen molar-refractivity contribution in [3.63, 3.8) is 0 Å². The zero-order valence-electron chi connectivity index (χ0n) is 24.7. The second-order valence-electron chi connectivity index (χ2n) is 12.3. The van der Waals surface area contributed by atoms with E-state index in [-0.39, 0.29) is 23.9 Å². The molecule has 2 aromatic carbocycles. The summed E-state index contributed by atoms with van der Waals surface area (Å²) in [6, 6.07) is 11.5. The summed E-state index contributed by atoms with van der Waals surface area (Å²) in [6.07, 6.45) is 4.05. The normalized spacial score (nSPS) is 25.9. The molecule has 3 heterocycles.